The lowest BCUT2D eigenvalue weighted by Gasteiger charge is -2.37. The lowest BCUT2D eigenvalue weighted by molar-refractivity contribution is -0.121. The minimum absolute atomic E-state index is 0.0513. The third-order valence-electron chi connectivity index (χ3n) is 4.69. The first-order valence-corrected chi connectivity index (χ1v) is 10.8. The van der Waals surface area contributed by atoms with Gasteiger partial charge in [0.05, 0.1) is 19.4 Å². The van der Waals surface area contributed by atoms with E-state index in [1.165, 1.54) is 0 Å². The van der Waals surface area contributed by atoms with Crippen molar-refractivity contribution < 1.29 is 18.7 Å². The van der Waals surface area contributed by atoms with E-state index in [0.717, 1.165) is 5.69 Å². The van der Waals surface area contributed by atoms with Gasteiger partial charge < -0.3 is 18.8 Å². The van der Waals surface area contributed by atoms with Gasteiger partial charge in [0, 0.05) is 12.6 Å². The molecule has 0 saturated carbocycles. The predicted molar refractivity (Wildman–Crippen MR) is 94.0 cm³/mol. The summed E-state index contributed by atoms with van der Waals surface area (Å²) >= 11 is 0. The van der Waals surface area contributed by atoms with Crippen molar-refractivity contribution in [2.45, 2.75) is 38.9 Å². The van der Waals surface area contributed by atoms with Gasteiger partial charge >= 0.3 is 0 Å². The SMILES string of the molecule is COc1ccc2c(c1)N(CCO[Si](C)(C)C(C)(C)C)C(=O)CO2. The minimum Gasteiger partial charge on any atom is -0.497 e. The topological polar surface area (TPSA) is 48.0 Å². The molecular formula is C17H27NO4Si. The van der Waals surface area contributed by atoms with E-state index in [-0.39, 0.29) is 17.6 Å². The average Bonchev–Trinajstić information content (AvgIpc) is 2.47. The van der Waals surface area contributed by atoms with Gasteiger partial charge in [-0.3, -0.25) is 4.79 Å². The second-order valence-electron chi connectivity index (χ2n) is 7.28. The second-order valence-corrected chi connectivity index (χ2v) is 12.1. The molecule has 2 rings (SSSR count). The van der Waals surface area contributed by atoms with E-state index in [2.05, 4.69) is 33.9 Å². The Labute approximate surface area is 139 Å². The van der Waals surface area contributed by atoms with Gasteiger partial charge in [-0.05, 0) is 30.3 Å². The quantitative estimate of drug-likeness (QED) is 0.772. The Kier molecular flexibility index (Phi) is 5.06. The summed E-state index contributed by atoms with van der Waals surface area (Å²) in [6.45, 7) is 12.2. The van der Waals surface area contributed by atoms with Crippen molar-refractivity contribution in [2.75, 3.05) is 31.8 Å². The molecule has 128 valence electrons. The zero-order valence-corrected chi connectivity index (χ0v) is 15.9. The number of hydrogen-bond donors (Lipinski definition) is 0. The fraction of sp³-hybridized carbons (Fsp3) is 0.588. The third kappa shape index (κ3) is 3.87. The van der Waals surface area contributed by atoms with Crippen LogP contribution in [-0.2, 0) is 9.22 Å². The molecule has 1 aliphatic heterocycles. The van der Waals surface area contributed by atoms with Gasteiger partial charge in [-0.2, -0.15) is 0 Å². The molecule has 0 saturated heterocycles. The largest absolute Gasteiger partial charge is 0.497 e. The third-order valence-corrected chi connectivity index (χ3v) is 9.23. The predicted octanol–water partition coefficient (Wildman–Crippen LogP) is 3.44. The van der Waals surface area contributed by atoms with Crippen LogP contribution in [0.5, 0.6) is 11.5 Å². The highest BCUT2D eigenvalue weighted by atomic mass is 28.4. The van der Waals surface area contributed by atoms with Crippen LogP contribution in [-0.4, -0.2) is 41.1 Å². The Bertz CT molecular complexity index is 580. The summed E-state index contributed by atoms with van der Waals surface area (Å²) in [5.74, 6) is 1.36. The number of nitrogens with zero attached hydrogens (tertiary/aromatic N) is 1. The maximum Gasteiger partial charge on any atom is 0.265 e. The molecule has 0 spiro atoms. The number of ether oxygens (including phenoxy) is 2. The molecule has 1 aromatic carbocycles. The van der Waals surface area contributed by atoms with Crippen LogP contribution in [0.3, 0.4) is 0 Å². The number of carbonyl (C=O) groups excluding carboxylic acids is 1. The van der Waals surface area contributed by atoms with Crippen molar-refractivity contribution in [1.29, 1.82) is 0 Å². The number of rotatable bonds is 5. The van der Waals surface area contributed by atoms with Crippen LogP contribution in [0.15, 0.2) is 18.2 Å². The molecule has 1 aromatic rings. The van der Waals surface area contributed by atoms with Crippen LogP contribution in [0.1, 0.15) is 20.8 Å². The van der Waals surface area contributed by atoms with Gasteiger partial charge in [-0.15, -0.1) is 0 Å². The van der Waals surface area contributed by atoms with Crippen LogP contribution in [0.2, 0.25) is 18.1 Å². The van der Waals surface area contributed by atoms with E-state index in [9.17, 15) is 4.79 Å². The molecule has 5 nitrogen and oxygen atoms in total. The molecule has 0 aliphatic carbocycles. The molecule has 0 bridgehead atoms. The standard InChI is InChI=1S/C17H27NO4Si/c1-17(2,3)23(5,6)22-10-9-18-14-11-13(20-4)7-8-15(14)21-12-16(18)19/h7-8,11H,9-10,12H2,1-6H3. The first-order valence-electron chi connectivity index (χ1n) is 7.91. The first-order chi connectivity index (χ1) is 10.7. The fourth-order valence-corrected chi connectivity index (χ4v) is 3.20. The molecule has 23 heavy (non-hydrogen) atoms. The fourth-order valence-electron chi connectivity index (χ4n) is 2.16. The lowest BCUT2D eigenvalue weighted by atomic mass is 10.2. The number of methoxy groups -OCH3 is 1. The van der Waals surface area contributed by atoms with Crippen molar-refractivity contribution >= 4 is 19.9 Å². The maximum atomic E-state index is 12.2. The van der Waals surface area contributed by atoms with Crippen LogP contribution < -0.4 is 14.4 Å². The maximum absolute atomic E-state index is 12.2. The Morgan fingerprint density at radius 3 is 2.61 bits per heavy atom. The van der Waals surface area contributed by atoms with Gasteiger partial charge in [0.15, 0.2) is 14.9 Å². The molecule has 1 amide bonds. The number of fused-ring (bicyclic) bond motifs is 1. The smallest absolute Gasteiger partial charge is 0.265 e. The Hall–Kier alpha value is -1.53. The summed E-state index contributed by atoms with van der Waals surface area (Å²) in [6, 6.07) is 5.50. The molecule has 0 atom stereocenters. The number of hydrogen-bond acceptors (Lipinski definition) is 4. The summed E-state index contributed by atoms with van der Waals surface area (Å²) in [5.41, 5.74) is 0.749. The van der Waals surface area contributed by atoms with Crippen LogP contribution in [0.4, 0.5) is 5.69 Å². The van der Waals surface area contributed by atoms with Crippen molar-refractivity contribution in [3.8, 4) is 11.5 Å². The molecular weight excluding hydrogens is 310 g/mol. The van der Waals surface area contributed by atoms with Crippen molar-refractivity contribution in [3.63, 3.8) is 0 Å². The Balaban J connectivity index is 2.10. The molecule has 0 N–H and O–H groups in total. The van der Waals surface area contributed by atoms with E-state index < -0.39 is 8.32 Å². The van der Waals surface area contributed by atoms with Gasteiger partial charge in [-0.25, -0.2) is 0 Å². The molecule has 6 heteroatoms. The van der Waals surface area contributed by atoms with Crippen molar-refractivity contribution in [3.05, 3.63) is 18.2 Å². The summed E-state index contributed by atoms with van der Waals surface area (Å²) < 4.78 is 16.9. The highest BCUT2D eigenvalue weighted by Crippen LogP contribution is 2.37. The Morgan fingerprint density at radius 1 is 1.30 bits per heavy atom. The highest BCUT2D eigenvalue weighted by molar-refractivity contribution is 6.74. The number of amides is 1. The highest BCUT2D eigenvalue weighted by Gasteiger charge is 2.37. The summed E-state index contributed by atoms with van der Waals surface area (Å²) in [7, 11) is -0.205. The molecule has 1 aliphatic rings. The van der Waals surface area contributed by atoms with Gasteiger partial charge in [-0.1, -0.05) is 20.8 Å². The normalized spacial score (nSPS) is 15.2. The summed E-state index contributed by atoms with van der Waals surface area (Å²) in [5, 5.41) is 0.156. The molecule has 0 fully saturated rings. The molecule has 0 radical (unpaired) electrons. The summed E-state index contributed by atoms with van der Waals surface area (Å²) in [6.07, 6.45) is 0. The van der Waals surface area contributed by atoms with E-state index in [4.69, 9.17) is 13.9 Å². The molecule has 1 heterocycles. The van der Waals surface area contributed by atoms with Gasteiger partial charge in [0.2, 0.25) is 0 Å². The number of benzene rings is 1. The lowest BCUT2D eigenvalue weighted by Crippen LogP contribution is -2.45. The van der Waals surface area contributed by atoms with E-state index in [1.807, 2.05) is 18.2 Å². The first kappa shape index (κ1) is 17.8. The monoisotopic (exact) mass is 337 g/mol. The average molecular weight is 337 g/mol. The summed E-state index contributed by atoms with van der Waals surface area (Å²) in [4.78, 5) is 14.0. The molecule has 0 unspecified atom stereocenters. The zero-order valence-electron chi connectivity index (χ0n) is 14.9. The number of carbonyl (C=O) groups is 1. The number of anilines is 1. The van der Waals surface area contributed by atoms with Gasteiger partial charge in [0.1, 0.15) is 11.5 Å². The minimum atomic E-state index is -1.81. The van der Waals surface area contributed by atoms with Crippen LogP contribution in [0.25, 0.3) is 0 Å². The Morgan fingerprint density at radius 2 is 2.00 bits per heavy atom. The van der Waals surface area contributed by atoms with Crippen LogP contribution in [0, 0.1) is 0 Å². The second kappa shape index (κ2) is 6.53. The zero-order chi connectivity index (χ0) is 17.3. The van der Waals surface area contributed by atoms with E-state index in [1.54, 1.807) is 12.0 Å². The molecule has 0 aromatic heterocycles. The van der Waals surface area contributed by atoms with E-state index in [0.29, 0.717) is 24.7 Å². The van der Waals surface area contributed by atoms with Gasteiger partial charge in [0.25, 0.3) is 5.91 Å². The van der Waals surface area contributed by atoms with Crippen molar-refractivity contribution in [1.82, 2.24) is 0 Å². The van der Waals surface area contributed by atoms with E-state index >= 15 is 0 Å². The van der Waals surface area contributed by atoms with Crippen LogP contribution >= 0.6 is 0 Å². The van der Waals surface area contributed by atoms with Crippen molar-refractivity contribution in [2.24, 2.45) is 0 Å².